The number of hydrazine groups is 1. The van der Waals surface area contributed by atoms with Crippen LogP contribution >= 0.6 is 0 Å². The van der Waals surface area contributed by atoms with Crippen molar-refractivity contribution in [2.45, 2.75) is 6.92 Å². The van der Waals surface area contributed by atoms with Crippen molar-refractivity contribution in [1.82, 2.24) is 4.98 Å². The van der Waals surface area contributed by atoms with Crippen molar-refractivity contribution in [3.8, 4) is 6.07 Å². The largest absolute Gasteiger partial charge is 0.307 e. The van der Waals surface area contributed by atoms with Gasteiger partial charge in [-0.1, -0.05) is 0 Å². The van der Waals surface area contributed by atoms with E-state index in [9.17, 15) is 0 Å². The van der Waals surface area contributed by atoms with Crippen LogP contribution in [0.2, 0.25) is 0 Å². The van der Waals surface area contributed by atoms with E-state index in [2.05, 4.69) is 10.4 Å². The number of aryl methyl sites for hydroxylation is 1. The third-order valence-electron chi connectivity index (χ3n) is 1.41. The molecule has 0 radical (unpaired) electrons. The van der Waals surface area contributed by atoms with E-state index in [4.69, 9.17) is 11.1 Å². The minimum absolute atomic E-state index is 0.424. The maximum absolute atomic E-state index is 8.64. The number of nitriles is 1. The molecule has 1 aromatic rings. The highest BCUT2D eigenvalue weighted by atomic mass is 15.2. The fourth-order valence-electron chi connectivity index (χ4n) is 0.809. The van der Waals surface area contributed by atoms with Gasteiger partial charge in [-0.3, -0.25) is 0 Å². The Balaban J connectivity index is 3.27. The Labute approximate surface area is 64.6 Å². The monoisotopic (exact) mass is 148 g/mol. The lowest BCUT2D eigenvalue weighted by molar-refractivity contribution is 1.19. The molecule has 0 aliphatic heterocycles. The zero-order valence-electron chi connectivity index (χ0n) is 6.13. The van der Waals surface area contributed by atoms with Crippen LogP contribution in [0.1, 0.15) is 11.1 Å². The van der Waals surface area contributed by atoms with Crippen molar-refractivity contribution in [3.63, 3.8) is 0 Å². The third-order valence-corrected chi connectivity index (χ3v) is 1.41. The van der Waals surface area contributed by atoms with Gasteiger partial charge in [0.2, 0.25) is 0 Å². The van der Waals surface area contributed by atoms with E-state index in [0.717, 1.165) is 5.56 Å². The van der Waals surface area contributed by atoms with E-state index in [-0.39, 0.29) is 0 Å². The number of nitrogens with two attached hydrogens (primary N) is 1. The van der Waals surface area contributed by atoms with Gasteiger partial charge in [0.25, 0.3) is 0 Å². The van der Waals surface area contributed by atoms with Crippen LogP contribution in [0, 0.1) is 18.3 Å². The van der Waals surface area contributed by atoms with Gasteiger partial charge in [0.05, 0.1) is 5.56 Å². The zero-order chi connectivity index (χ0) is 8.27. The van der Waals surface area contributed by atoms with Crippen LogP contribution in [-0.2, 0) is 0 Å². The van der Waals surface area contributed by atoms with Gasteiger partial charge >= 0.3 is 0 Å². The molecule has 4 nitrogen and oxygen atoms in total. The Morgan fingerprint density at radius 1 is 1.73 bits per heavy atom. The van der Waals surface area contributed by atoms with Crippen molar-refractivity contribution in [3.05, 3.63) is 23.4 Å². The molecule has 0 aromatic carbocycles. The Morgan fingerprint density at radius 2 is 2.45 bits per heavy atom. The molecule has 0 aliphatic rings. The Bertz CT molecular complexity index is 300. The summed E-state index contributed by atoms with van der Waals surface area (Å²) in [6.07, 6.45) is 1.60. The Hall–Kier alpha value is -1.60. The number of aromatic nitrogens is 1. The lowest BCUT2D eigenvalue weighted by atomic mass is 10.2. The van der Waals surface area contributed by atoms with Crippen molar-refractivity contribution < 1.29 is 0 Å². The summed E-state index contributed by atoms with van der Waals surface area (Å²) in [5.41, 5.74) is 3.72. The molecule has 0 aliphatic carbocycles. The zero-order valence-corrected chi connectivity index (χ0v) is 6.13. The molecule has 0 atom stereocenters. The minimum atomic E-state index is 0.424. The van der Waals surface area contributed by atoms with E-state index >= 15 is 0 Å². The highest BCUT2D eigenvalue weighted by Gasteiger charge is 2.02. The van der Waals surface area contributed by atoms with Crippen LogP contribution in [0.5, 0.6) is 0 Å². The van der Waals surface area contributed by atoms with Gasteiger partial charge in [0.1, 0.15) is 6.07 Å². The molecule has 0 fully saturated rings. The lowest BCUT2D eigenvalue weighted by Gasteiger charge is -2.02. The number of pyridine rings is 1. The van der Waals surface area contributed by atoms with Crippen molar-refractivity contribution in [1.29, 1.82) is 5.26 Å². The topological polar surface area (TPSA) is 74.7 Å². The second-order valence-corrected chi connectivity index (χ2v) is 2.11. The van der Waals surface area contributed by atoms with Crippen molar-refractivity contribution >= 4 is 5.82 Å². The standard InChI is InChI=1S/C7H8N4/c1-5-2-3-10-7(11-9)6(5)4-8/h2-3H,9H2,1H3,(H,10,11). The summed E-state index contributed by atoms with van der Waals surface area (Å²) >= 11 is 0. The van der Waals surface area contributed by atoms with E-state index in [1.54, 1.807) is 12.3 Å². The van der Waals surface area contributed by atoms with Gasteiger partial charge in [-0.05, 0) is 18.6 Å². The average molecular weight is 148 g/mol. The van der Waals surface area contributed by atoms with Crippen LogP contribution < -0.4 is 11.3 Å². The molecule has 11 heavy (non-hydrogen) atoms. The highest BCUT2D eigenvalue weighted by molar-refractivity contribution is 5.54. The normalized spacial score (nSPS) is 8.82. The van der Waals surface area contributed by atoms with E-state index < -0.39 is 0 Å². The average Bonchev–Trinajstić information content (AvgIpc) is 2.04. The Kier molecular flexibility index (Phi) is 2.04. The molecule has 1 rings (SSSR count). The van der Waals surface area contributed by atoms with E-state index in [1.807, 2.05) is 13.0 Å². The predicted octanol–water partition coefficient (Wildman–Crippen LogP) is 0.547. The molecule has 56 valence electrons. The molecule has 0 bridgehead atoms. The molecule has 0 unspecified atom stereocenters. The summed E-state index contributed by atoms with van der Waals surface area (Å²) in [6.45, 7) is 1.83. The minimum Gasteiger partial charge on any atom is -0.307 e. The van der Waals surface area contributed by atoms with E-state index in [0.29, 0.717) is 11.4 Å². The van der Waals surface area contributed by atoms with Crippen LogP contribution in [-0.4, -0.2) is 4.98 Å². The highest BCUT2D eigenvalue weighted by Crippen LogP contribution is 2.12. The molecular formula is C7H8N4. The van der Waals surface area contributed by atoms with Crippen LogP contribution in [0.3, 0.4) is 0 Å². The maximum atomic E-state index is 8.64. The van der Waals surface area contributed by atoms with Crippen LogP contribution in [0.15, 0.2) is 12.3 Å². The fraction of sp³-hybridized carbons (Fsp3) is 0.143. The second-order valence-electron chi connectivity index (χ2n) is 2.11. The van der Waals surface area contributed by atoms with Gasteiger partial charge < -0.3 is 5.43 Å². The van der Waals surface area contributed by atoms with Gasteiger partial charge in [-0.15, -0.1) is 0 Å². The smallest absolute Gasteiger partial charge is 0.158 e. The molecule has 0 amide bonds. The van der Waals surface area contributed by atoms with Gasteiger partial charge in [0.15, 0.2) is 5.82 Å². The molecule has 4 heteroatoms. The van der Waals surface area contributed by atoms with Gasteiger partial charge in [-0.25, -0.2) is 10.8 Å². The van der Waals surface area contributed by atoms with Gasteiger partial charge in [0, 0.05) is 6.20 Å². The molecule has 3 N–H and O–H groups in total. The maximum Gasteiger partial charge on any atom is 0.158 e. The molecule has 0 saturated carbocycles. The molecule has 1 heterocycles. The van der Waals surface area contributed by atoms with Gasteiger partial charge in [-0.2, -0.15) is 5.26 Å². The molecular weight excluding hydrogens is 140 g/mol. The summed E-state index contributed by atoms with van der Waals surface area (Å²) in [4.78, 5) is 3.87. The van der Waals surface area contributed by atoms with E-state index in [1.165, 1.54) is 0 Å². The summed E-state index contributed by atoms with van der Waals surface area (Å²) in [5.74, 6) is 5.56. The van der Waals surface area contributed by atoms with Crippen LogP contribution in [0.25, 0.3) is 0 Å². The number of hydrogen-bond acceptors (Lipinski definition) is 4. The first-order valence-electron chi connectivity index (χ1n) is 3.12. The number of nitrogen functional groups attached to an aromatic ring is 1. The van der Waals surface area contributed by atoms with Crippen LogP contribution in [0.4, 0.5) is 5.82 Å². The van der Waals surface area contributed by atoms with Crippen molar-refractivity contribution in [2.24, 2.45) is 5.84 Å². The Morgan fingerprint density at radius 3 is 2.91 bits per heavy atom. The first-order chi connectivity index (χ1) is 5.29. The number of hydrogen-bond donors (Lipinski definition) is 2. The number of nitrogens with zero attached hydrogens (tertiary/aromatic N) is 2. The lowest BCUT2D eigenvalue weighted by Crippen LogP contribution is -2.10. The number of nitrogens with one attached hydrogen (secondary N) is 1. The first-order valence-corrected chi connectivity index (χ1v) is 3.12. The summed E-state index contributed by atoms with van der Waals surface area (Å²) in [6, 6.07) is 3.77. The van der Waals surface area contributed by atoms with Crippen molar-refractivity contribution in [2.75, 3.05) is 5.43 Å². The quantitative estimate of drug-likeness (QED) is 0.450. The number of rotatable bonds is 1. The summed E-state index contributed by atoms with van der Waals surface area (Å²) in [7, 11) is 0. The molecule has 0 saturated heterocycles. The summed E-state index contributed by atoms with van der Waals surface area (Å²) < 4.78 is 0. The molecule has 1 aromatic heterocycles. The summed E-state index contributed by atoms with van der Waals surface area (Å²) in [5, 5.41) is 8.64. The first kappa shape index (κ1) is 7.51. The number of anilines is 1. The third kappa shape index (κ3) is 1.28. The predicted molar refractivity (Wildman–Crippen MR) is 41.5 cm³/mol. The SMILES string of the molecule is Cc1ccnc(NN)c1C#N. The second kappa shape index (κ2) is 2.99. The molecule has 0 spiro atoms. The fourth-order valence-corrected chi connectivity index (χ4v) is 0.809.